The van der Waals surface area contributed by atoms with Crippen molar-refractivity contribution in [3.8, 4) is 11.5 Å². The predicted molar refractivity (Wildman–Crippen MR) is 107 cm³/mol. The third-order valence-electron chi connectivity index (χ3n) is 4.83. The molecule has 1 aliphatic rings. The van der Waals surface area contributed by atoms with E-state index in [0.29, 0.717) is 39.4 Å². The molecule has 0 bridgehead atoms. The van der Waals surface area contributed by atoms with Gasteiger partial charge < -0.3 is 9.47 Å². The van der Waals surface area contributed by atoms with Crippen LogP contribution in [-0.2, 0) is 0 Å². The summed E-state index contributed by atoms with van der Waals surface area (Å²) in [7, 11) is 3.03. The van der Waals surface area contributed by atoms with Crippen molar-refractivity contribution in [3.05, 3.63) is 89.0 Å². The Hall–Kier alpha value is -3.93. The van der Waals surface area contributed by atoms with Gasteiger partial charge in [0.05, 0.1) is 31.0 Å². The minimum Gasteiger partial charge on any atom is -0.493 e. The first-order chi connectivity index (χ1) is 14.0. The van der Waals surface area contributed by atoms with E-state index in [9.17, 15) is 14.4 Å². The number of hydrogen-bond acceptors (Lipinski definition) is 5. The van der Waals surface area contributed by atoms with Crippen LogP contribution in [0.3, 0.4) is 0 Å². The number of hydrogen-bond donors (Lipinski definition) is 0. The van der Waals surface area contributed by atoms with Gasteiger partial charge in [-0.3, -0.25) is 14.4 Å². The van der Waals surface area contributed by atoms with Gasteiger partial charge in [0.25, 0.3) is 11.8 Å². The van der Waals surface area contributed by atoms with Gasteiger partial charge in [0.15, 0.2) is 17.3 Å². The lowest BCUT2D eigenvalue weighted by Crippen LogP contribution is -2.29. The smallest absolute Gasteiger partial charge is 0.266 e. The highest BCUT2D eigenvalue weighted by molar-refractivity contribution is 6.34. The zero-order valence-electron chi connectivity index (χ0n) is 15.8. The summed E-state index contributed by atoms with van der Waals surface area (Å²) in [4.78, 5) is 39.1. The summed E-state index contributed by atoms with van der Waals surface area (Å²) in [6, 6.07) is 18.0. The van der Waals surface area contributed by atoms with Crippen LogP contribution in [0.15, 0.2) is 66.7 Å². The lowest BCUT2D eigenvalue weighted by atomic mass is 10.0. The standard InChI is InChI=1S/C23H17NO5/c1-28-19-12-9-15(13-20(19)29-2)21(25)14-7-10-16(11-8-14)24-22(26)17-5-3-4-6-18(17)23(24)27/h3-13H,1-2H3. The Balaban J connectivity index is 1.61. The Morgan fingerprint density at radius 1 is 0.724 bits per heavy atom. The highest BCUT2D eigenvalue weighted by Gasteiger charge is 2.36. The Morgan fingerprint density at radius 3 is 1.83 bits per heavy atom. The number of anilines is 1. The molecule has 0 aromatic heterocycles. The Kier molecular flexibility index (Phi) is 4.60. The molecule has 6 heteroatoms. The van der Waals surface area contributed by atoms with Crippen molar-refractivity contribution in [2.24, 2.45) is 0 Å². The molecular weight excluding hydrogens is 370 g/mol. The van der Waals surface area contributed by atoms with Gasteiger partial charge in [-0.15, -0.1) is 0 Å². The molecule has 3 aromatic rings. The van der Waals surface area contributed by atoms with E-state index >= 15 is 0 Å². The second-order valence-electron chi connectivity index (χ2n) is 6.44. The summed E-state index contributed by atoms with van der Waals surface area (Å²) >= 11 is 0. The van der Waals surface area contributed by atoms with Gasteiger partial charge in [0.1, 0.15) is 0 Å². The fraction of sp³-hybridized carbons (Fsp3) is 0.0870. The van der Waals surface area contributed by atoms with Crippen molar-refractivity contribution in [1.29, 1.82) is 0 Å². The summed E-state index contributed by atoms with van der Waals surface area (Å²) < 4.78 is 10.4. The molecule has 0 saturated carbocycles. The summed E-state index contributed by atoms with van der Waals surface area (Å²) in [6.07, 6.45) is 0. The maximum atomic E-state index is 12.8. The van der Waals surface area contributed by atoms with E-state index in [1.807, 2.05) is 0 Å². The maximum absolute atomic E-state index is 12.8. The predicted octanol–water partition coefficient (Wildman–Crippen LogP) is 3.74. The molecule has 3 aromatic carbocycles. The van der Waals surface area contributed by atoms with E-state index in [4.69, 9.17) is 9.47 Å². The SMILES string of the molecule is COc1ccc(C(=O)c2ccc(N3C(=O)c4ccccc4C3=O)cc2)cc1OC. The number of rotatable bonds is 5. The Labute approximate surface area is 167 Å². The molecule has 0 unspecified atom stereocenters. The summed E-state index contributed by atoms with van der Waals surface area (Å²) in [5, 5.41) is 0. The van der Waals surface area contributed by atoms with Crippen molar-refractivity contribution in [1.82, 2.24) is 0 Å². The second-order valence-corrected chi connectivity index (χ2v) is 6.44. The van der Waals surface area contributed by atoms with Gasteiger partial charge in [-0.1, -0.05) is 12.1 Å². The first kappa shape index (κ1) is 18.4. The molecule has 0 atom stereocenters. The second kappa shape index (κ2) is 7.24. The van der Waals surface area contributed by atoms with Crippen molar-refractivity contribution in [3.63, 3.8) is 0 Å². The van der Waals surface area contributed by atoms with E-state index in [0.717, 1.165) is 4.90 Å². The van der Waals surface area contributed by atoms with E-state index in [2.05, 4.69) is 0 Å². The van der Waals surface area contributed by atoms with Crippen LogP contribution < -0.4 is 14.4 Å². The normalized spacial score (nSPS) is 12.7. The molecule has 0 spiro atoms. The molecule has 144 valence electrons. The van der Waals surface area contributed by atoms with Gasteiger partial charge in [0, 0.05) is 11.1 Å². The average Bonchev–Trinajstić information content (AvgIpc) is 3.03. The van der Waals surface area contributed by atoms with Crippen LogP contribution in [0, 0.1) is 0 Å². The van der Waals surface area contributed by atoms with Crippen LogP contribution in [0.4, 0.5) is 5.69 Å². The molecule has 0 radical (unpaired) electrons. The van der Waals surface area contributed by atoms with Gasteiger partial charge >= 0.3 is 0 Å². The Morgan fingerprint density at radius 2 is 1.28 bits per heavy atom. The largest absolute Gasteiger partial charge is 0.493 e. The van der Waals surface area contributed by atoms with Gasteiger partial charge in [0.2, 0.25) is 0 Å². The van der Waals surface area contributed by atoms with Crippen LogP contribution in [0.2, 0.25) is 0 Å². The number of amides is 2. The highest BCUT2D eigenvalue weighted by Crippen LogP contribution is 2.30. The van der Waals surface area contributed by atoms with Gasteiger partial charge in [-0.25, -0.2) is 4.90 Å². The van der Waals surface area contributed by atoms with Gasteiger partial charge in [-0.2, -0.15) is 0 Å². The third kappa shape index (κ3) is 3.04. The third-order valence-corrected chi connectivity index (χ3v) is 4.83. The number of fused-ring (bicyclic) bond motifs is 1. The Bertz CT molecular complexity index is 1100. The quantitative estimate of drug-likeness (QED) is 0.493. The molecule has 6 nitrogen and oxygen atoms in total. The molecular formula is C23H17NO5. The number of carbonyl (C=O) groups is 3. The molecule has 1 aliphatic heterocycles. The molecule has 2 amide bonds. The molecule has 1 heterocycles. The molecule has 29 heavy (non-hydrogen) atoms. The summed E-state index contributed by atoms with van der Waals surface area (Å²) in [5.41, 5.74) is 2.04. The number of carbonyl (C=O) groups excluding carboxylic acids is 3. The van der Waals surface area contributed by atoms with Crippen LogP contribution in [0.5, 0.6) is 11.5 Å². The van der Waals surface area contributed by atoms with Crippen LogP contribution >= 0.6 is 0 Å². The zero-order valence-corrected chi connectivity index (χ0v) is 15.8. The number of nitrogens with zero attached hydrogens (tertiary/aromatic N) is 1. The molecule has 0 fully saturated rings. The van der Waals surface area contributed by atoms with E-state index < -0.39 is 0 Å². The lowest BCUT2D eigenvalue weighted by Gasteiger charge is -2.14. The molecule has 0 aliphatic carbocycles. The number of ether oxygens (including phenoxy) is 2. The fourth-order valence-electron chi connectivity index (χ4n) is 3.33. The van der Waals surface area contributed by atoms with E-state index in [1.165, 1.54) is 14.2 Å². The van der Waals surface area contributed by atoms with Crippen molar-refractivity contribution < 1.29 is 23.9 Å². The summed E-state index contributed by atoms with van der Waals surface area (Å²) in [5.74, 6) is 0.0417. The molecule has 4 rings (SSSR count). The number of methoxy groups -OCH3 is 2. The van der Waals surface area contributed by atoms with Gasteiger partial charge in [-0.05, 0) is 54.6 Å². The fourth-order valence-corrected chi connectivity index (χ4v) is 3.33. The average molecular weight is 387 g/mol. The minimum atomic E-state index is -0.371. The first-order valence-corrected chi connectivity index (χ1v) is 8.89. The number of ketones is 1. The molecule has 0 saturated heterocycles. The van der Waals surface area contributed by atoms with E-state index in [1.54, 1.807) is 66.7 Å². The van der Waals surface area contributed by atoms with Crippen LogP contribution in [0.25, 0.3) is 0 Å². The first-order valence-electron chi connectivity index (χ1n) is 8.89. The number of benzene rings is 3. The highest BCUT2D eigenvalue weighted by atomic mass is 16.5. The van der Waals surface area contributed by atoms with Crippen molar-refractivity contribution >= 4 is 23.3 Å². The minimum absolute atomic E-state index is 0.208. The van der Waals surface area contributed by atoms with Crippen molar-refractivity contribution in [2.45, 2.75) is 0 Å². The van der Waals surface area contributed by atoms with Crippen molar-refractivity contribution in [2.75, 3.05) is 19.1 Å². The van der Waals surface area contributed by atoms with E-state index in [-0.39, 0.29) is 17.6 Å². The monoisotopic (exact) mass is 387 g/mol. The maximum Gasteiger partial charge on any atom is 0.266 e. The summed E-state index contributed by atoms with van der Waals surface area (Å²) in [6.45, 7) is 0. The molecule has 0 N–H and O–H groups in total. The van der Waals surface area contributed by atoms with Crippen LogP contribution in [0.1, 0.15) is 36.6 Å². The zero-order chi connectivity index (χ0) is 20.5. The topological polar surface area (TPSA) is 72.9 Å². The lowest BCUT2D eigenvalue weighted by molar-refractivity contribution is 0.0925. The number of imide groups is 1. The van der Waals surface area contributed by atoms with Crippen LogP contribution in [-0.4, -0.2) is 31.8 Å².